The molecule has 2 aliphatic heterocycles. The molecule has 1 atom stereocenters. The van der Waals surface area contributed by atoms with Gasteiger partial charge < -0.3 is 9.80 Å². The van der Waals surface area contributed by atoms with Crippen molar-refractivity contribution < 1.29 is 4.79 Å². The summed E-state index contributed by atoms with van der Waals surface area (Å²) in [6.07, 6.45) is 9.17. The molecule has 4 rings (SSSR count). The number of aryl methyl sites for hydroxylation is 1. The third-order valence-electron chi connectivity index (χ3n) is 7.23. The Morgan fingerprint density at radius 2 is 1.70 bits per heavy atom. The minimum Gasteiger partial charge on any atom is -0.372 e. The second-order valence-corrected chi connectivity index (χ2v) is 9.40. The van der Waals surface area contributed by atoms with Gasteiger partial charge in [-0.2, -0.15) is 0 Å². The van der Waals surface area contributed by atoms with E-state index in [2.05, 4.69) is 34.1 Å². The lowest BCUT2D eigenvalue weighted by Crippen LogP contribution is -2.35. The van der Waals surface area contributed by atoms with Gasteiger partial charge in [0, 0.05) is 44.6 Å². The molecule has 0 saturated carbocycles. The van der Waals surface area contributed by atoms with Crippen molar-refractivity contribution in [1.82, 2.24) is 19.8 Å². The van der Waals surface area contributed by atoms with Gasteiger partial charge in [0.25, 0.3) is 5.91 Å². The molecule has 6 heteroatoms. The van der Waals surface area contributed by atoms with Crippen LogP contribution in [0.3, 0.4) is 0 Å². The molecular weight excluding hydrogens is 410 g/mol. The molecular formula is C27H39N5O. The zero-order valence-electron chi connectivity index (χ0n) is 20.6. The lowest BCUT2D eigenvalue weighted by atomic mass is 10.00. The van der Waals surface area contributed by atoms with E-state index in [1.807, 2.05) is 25.7 Å². The first-order chi connectivity index (χ1) is 16.1. The Hall–Kier alpha value is -2.47. The molecule has 33 heavy (non-hydrogen) atoms. The summed E-state index contributed by atoms with van der Waals surface area (Å²) in [5.41, 5.74) is 4.10. The van der Waals surface area contributed by atoms with E-state index in [1.165, 1.54) is 56.4 Å². The number of carbonyl (C=O) groups is 1. The zero-order chi connectivity index (χ0) is 23.2. The fourth-order valence-electron chi connectivity index (χ4n) is 5.21. The number of rotatable bonds is 7. The molecule has 178 valence electrons. The van der Waals surface area contributed by atoms with Crippen molar-refractivity contribution in [2.75, 3.05) is 37.6 Å². The van der Waals surface area contributed by atoms with Crippen LogP contribution in [-0.4, -0.2) is 58.4 Å². The van der Waals surface area contributed by atoms with Crippen LogP contribution in [0, 0.1) is 6.92 Å². The molecule has 0 radical (unpaired) electrons. The number of aromatic nitrogens is 2. The summed E-state index contributed by atoms with van der Waals surface area (Å²) in [5, 5.41) is 0. The Labute approximate surface area is 199 Å². The minimum absolute atomic E-state index is 0.0262. The molecule has 0 aliphatic carbocycles. The van der Waals surface area contributed by atoms with Crippen LogP contribution in [0.25, 0.3) is 0 Å². The third kappa shape index (κ3) is 5.55. The SMILES string of the molecule is CCN(CC)C(=O)c1cnc(C2CCCCN2Cc2ccc(N3CCCCC3)cc2)nc1C. The molecule has 3 heterocycles. The van der Waals surface area contributed by atoms with E-state index in [9.17, 15) is 4.79 Å². The summed E-state index contributed by atoms with van der Waals surface area (Å²) < 4.78 is 0. The first kappa shape index (κ1) is 23.7. The zero-order valence-corrected chi connectivity index (χ0v) is 20.6. The van der Waals surface area contributed by atoms with Crippen molar-refractivity contribution in [3.05, 3.63) is 53.1 Å². The number of benzene rings is 1. The van der Waals surface area contributed by atoms with Gasteiger partial charge >= 0.3 is 0 Å². The van der Waals surface area contributed by atoms with Gasteiger partial charge in [0.15, 0.2) is 0 Å². The second kappa shape index (κ2) is 11.1. The van der Waals surface area contributed by atoms with E-state index in [0.717, 1.165) is 31.0 Å². The van der Waals surface area contributed by atoms with E-state index < -0.39 is 0 Å². The van der Waals surface area contributed by atoms with Crippen LogP contribution in [0.1, 0.15) is 85.9 Å². The molecule has 1 amide bonds. The molecule has 2 aromatic rings. The van der Waals surface area contributed by atoms with E-state index in [-0.39, 0.29) is 11.9 Å². The molecule has 6 nitrogen and oxygen atoms in total. The van der Waals surface area contributed by atoms with Crippen LogP contribution < -0.4 is 4.90 Å². The van der Waals surface area contributed by atoms with Gasteiger partial charge in [-0.15, -0.1) is 0 Å². The number of likely N-dealkylation sites (tertiary alicyclic amines) is 1. The predicted molar refractivity (Wildman–Crippen MR) is 134 cm³/mol. The molecule has 2 fully saturated rings. The fourth-order valence-corrected chi connectivity index (χ4v) is 5.21. The van der Waals surface area contributed by atoms with Gasteiger partial charge in [0.05, 0.1) is 17.3 Å². The highest BCUT2D eigenvalue weighted by atomic mass is 16.2. The topological polar surface area (TPSA) is 52.6 Å². The van der Waals surface area contributed by atoms with Crippen LogP contribution in [-0.2, 0) is 6.54 Å². The smallest absolute Gasteiger partial charge is 0.257 e. The molecule has 1 aromatic carbocycles. The van der Waals surface area contributed by atoms with E-state index in [4.69, 9.17) is 9.97 Å². The average molecular weight is 450 g/mol. The first-order valence-corrected chi connectivity index (χ1v) is 12.8. The summed E-state index contributed by atoms with van der Waals surface area (Å²) >= 11 is 0. The summed E-state index contributed by atoms with van der Waals surface area (Å²) in [7, 11) is 0. The Bertz CT molecular complexity index is 919. The van der Waals surface area contributed by atoms with Crippen molar-refractivity contribution in [2.45, 2.75) is 71.9 Å². The van der Waals surface area contributed by atoms with Crippen molar-refractivity contribution in [1.29, 1.82) is 0 Å². The fraction of sp³-hybridized carbons (Fsp3) is 0.593. The number of hydrogen-bond acceptors (Lipinski definition) is 5. The van der Waals surface area contributed by atoms with E-state index >= 15 is 0 Å². The predicted octanol–water partition coefficient (Wildman–Crippen LogP) is 4.98. The molecule has 2 aliphatic rings. The number of hydrogen-bond donors (Lipinski definition) is 0. The van der Waals surface area contributed by atoms with Crippen LogP contribution in [0.2, 0.25) is 0 Å². The number of anilines is 1. The van der Waals surface area contributed by atoms with Gasteiger partial charge in [0.2, 0.25) is 0 Å². The summed E-state index contributed by atoms with van der Waals surface area (Å²) in [5.74, 6) is 0.881. The monoisotopic (exact) mass is 449 g/mol. The highest BCUT2D eigenvalue weighted by Gasteiger charge is 2.27. The van der Waals surface area contributed by atoms with Crippen LogP contribution in [0.5, 0.6) is 0 Å². The first-order valence-electron chi connectivity index (χ1n) is 12.8. The van der Waals surface area contributed by atoms with Crippen LogP contribution >= 0.6 is 0 Å². The maximum absolute atomic E-state index is 12.8. The van der Waals surface area contributed by atoms with Crippen molar-refractivity contribution in [3.8, 4) is 0 Å². The second-order valence-electron chi connectivity index (χ2n) is 9.40. The van der Waals surface area contributed by atoms with Crippen molar-refractivity contribution >= 4 is 11.6 Å². The van der Waals surface area contributed by atoms with Crippen molar-refractivity contribution in [2.24, 2.45) is 0 Å². The summed E-state index contributed by atoms with van der Waals surface area (Å²) in [6, 6.07) is 9.35. The normalized spacial score (nSPS) is 19.5. The van der Waals surface area contributed by atoms with Gasteiger partial charge in [-0.25, -0.2) is 9.97 Å². The van der Waals surface area contributed by atoms with Crippen molar-refractivity contribution in [3.63, 3.8) is 0 Å². The number of piperidine rings is 2. The third-order valence-corrected chi connectivity index (χ3v) is 7.23. The standard InChI is InChI=1S/C27H39N5O/c1-4-30(5-2)27(33)24-19-28-26(29-21(24)3)25-11-7-10-18-32(25)20-22-12-14-23(15-13-22)31-16-8-6-9-17-31/h12-15,19,25H,4-11,16-18,20H2,1-3H3. The lowest BCUT2D eigenvalue weighted by molar-refractivity contribution is 0.0770. The molecule has 2 saturated heterocycles. The maximum Gasteiger partial charge on any atom is 0.257 e. The van der Waals surface area contributed by atoms with Gasteiger partial charge in [-0.1, -0.05) is 18.6 Å². The molecule has 0 N–H and O–H groups in total. The minimum atomic E-state index is 0.0262. The van der Waals surface area contributed by atoms with Crippen LogP contribution in [0.15, 0.2) is 30.5 Å². The van der Waals surface area contributed by atoms with Gasteiger partial charge in [-0.05, 0) is 77.1 Å². The van der Waals surface area contributed by atoms with Crippen LogP contribution in [0.4, 0.5) is 5.69 Å². The Morgan fingerprint density at radius 3 is 2.36 bits per heavy atom. The summed E-state index contributed by atoms with van der Waals surface area (Å²) in [6.45, 7) is 11.7. The maximum atomic E-state index is 12.8. The highest BCUT2D eigenvalue weighted by molar-refractivity contribution is 5.94. The number of amides is 1. The number of carbonyl (C=O) groups excluding carboxylic acids is 1. The Kier molecular flexibility index (Phi) is 7.97. The molecule has 0 bridgehead atoms. The van der Waals surface area contributed by atoms with E-state index in [0.29, 0.717) is 18.7 Å². The molecule has 1 aromatic heterocycles. The van der Waals surface area contributed by atoms with Gasteiger partial charge in [-0.3, -0.25) is 9.69 Å². The molecule has 1 unspecified atom stereocenters. The quantitative estimate of drug-likeness (QED) is 0.596. The Morgan fingerprint density at radius 1 is 1.00 bits per heavy atom. The largest absolute Gasteiger partial charge is 0.372 e. The summed E-state index contributed by atoms with van der Waals surface area (Å²) in [4.78, 5) is 29.2. The molecule has 0 spiro atoms. The lowest BCUT2D eigenvalue weighted by Gasteiger charge is -2.35. The number of nitrogens with zero attached hydrogens (tertiary/aromatic N) is 5. The average Bonchev–Trinajstić information content (AvgIpc) is 2.86. The highest BCUT2D eigenvalue weighted by Crippen LogP contribution is 2.31. The Balaban J connectivity index is 1.47. The van der Waals surface area contributed by atoms with Gasteiger partial charge in [0.1, 0.15) is 5.82 Å². The van der Waals surface area contributed by atoms with E-state index in [1.54, 1.807) is 6.20 Å².